The van der Waals surface area contributed by atoms with E-state index in [1.165, 1.54) is 0 Å². The molecular weight excluding hydrogens is 384 g/mol. The quantitative estimate of drug-likeness (QED) is 0.742. The summed E-state index contributed by atoms with van der Waals surface area (Å²) in [5, 5.41) is 4.06. The van der Waals surface area contributed by atoms with Crippen LogP contribution in [0.15, 0.2) is 22.6 Å². The predicted molar refractivity (Wildman–Crippen MR) is 116 cm³/mol. The molecule has 1 aliphatic heterocycles. The Bertz CT molecular complexity index is 968. The zero-order valence-electron chi connectivity index (χ0n) is 18.3. The smallest absolute Gasteiger partial charge is 0.409 e. The molecule has 2 heterocycles. The van der Waals surface area contributed by atoms with Crippen LogP contribution >= 0.6 is 0 Å². The highest BCUT2D eigenvalue weighted by atomic mass is 16.6. The van der Waals surface area contributed by atoms with E-state index in [9.17, 15) is 9.59 Å². The summed E-state index contributed by atoms with van der Waals surface area (Å²) >= 11 is 0. The van der Waals surface area contributed by atoms with Gasteiger partial charge in [0.25, 0.3) is 0 Å². The van der Waals surface area contributed by atoms with Gasteiger partial charge in [-0.3, -0.25) is 4.79 Å². The van der Waals surface area contributed by atoms with Crippen molar-refractivity contribution in [1.29, 1.82) is 0 Å². The Labute approximate surface area is 177 Å². The van der Waals surface area contributed by atoms with Crippen LogP contribution in [0.3, 0.4) is 0 Å². The summed E-state index contributed by atoms with van der Waals surface area (Å²) in [4.78, 5) is 26.1. The van der Waals surface area contributed by atoms with Crippen LogP contribution < -0.4 is 10.1 Å². The van der Waals surface area contributed by atoms with E-state index in [-0.39, 0.29) is 18.0 Å². The first-order valence-electron chi connectivity index (χ1n) is 10.3. The SMILES string of the molecule is CCOC(=O)N1CCC(NC(=O)/C=C(\C)c2cc3c(C)c(C)oc3cc2OC)CC1. The molecule has 0 saturated carbocycles. The number of nitrogens with one attached hydrogen (secondary N) is 1. The fourth-order valence-corrected chi connectivity index (χ4v) is 3.79. The van der Waals surface area contributed by atoms with E-state index < -0.39 is 0 Å². The van der Waals surface area contributed by atoms with E-state index in [4.69, 9.17) is 13.9 Å². The van der Waals surface area contributed by atoms with E-state index in [0.29, 0.717) is 38.3 Å². The molecule has 7 nitrogen and oxygen atoms in total. The standard InChI is InChI=1S/C23H30N2O5/c1-6-29-23(27)25-9-7-17(8-10-25)24-22(26)11-14(2)18-12-19-15(3)16(4)30-21(19)13-20(18)28-5/h11-13,17H,6-10H2,1-5H3,(H,24,26)/b14-11+. The molecule has 1 N–H and O–H groups in total. The third-order valence-corrected chi connectivity index (χ3v) is 5.64. The molecule has 0 spiro atoms. The first kappa shape index (κ1) is 21.7. The summed E-state index contributed by atoms with van der Waals surface area (Å²) in [5.74, 6) is 1.39. The fourth-order valence-electron chi connectivity index (χ4n) is 3.79. The van der Waals surface area contributed by atoms with Crippen LogP contribution in [-0.4, -0.2) is 49.7 Å². The molecule has 0 atom stereocenters. The number of likely N-dealkylation sites (tertiary alicyclic amines) is 1. The van der Waals surface area contributed by atoms with Crippen molar-refractivity contribution in [3.8, 4) is 5.75 Å². The van der Waals surface area contributed by atoms with Crippen LogP contribution in [0.2, 0.25) is 0 Å². The average Bonchev–Trinajstić information content (AvgIpc) is 3.00. The van der Waals surface area contributed by atoms with Gasteiger partial charge < -0.3 is 24.1 Å². The van der Waals surface area contributed by atoms with Crippen molar-refractivity contribution in [3.05, 3.63) is 35.1 Å². The highest BCUT2D eigenvalue weighted by Crippen LogP contribution is 2.34. The zero-order valence-corrected chi connectivity index (χ0v) is 18.3. The Morgan fingerprint density at radius 1 is 1.27 bits per heavy atom. The van der Waals surface area contributed by atoms with E-state index in [2.05, 4.69) is 5.32 Å². The maximum absolute atomic E-state index is 12.6. The fraction of sp³-hybridized carbons (Fsp3) is 0.478. The summed E-state index contributed by atoms with van der Waals surface area (Å²) in [6.07, 6.45) is 2.73. The topological polar surface area (TPSA) is 81.0 Å². The van der Waals surface area contributed by atoms with Crippen LogP contribution in [-0.2, 0) is 9.53 Å². The number of carbonyl (C=O) groups is 2. The van der Waals surface area contributed by atoms with Crippen LogP contribution in [0.25, 0.3) is 16.5 Å². The third-order valence-electron chi connectivity index (χ3n) is 5.64. The van der Waals surface area contributed by atoms with Gasteiger partial charge in [-0.25, -0.2) is 4.79 Å². The number of furan rings is 1. The van der Waals surface area contributed by atoms with Crippen molar-refractivity contribution < 1.29 is 23.5 Å². The molecule has 1 fully saturated rings. The van der Waals surface area contributed by atoms with Gasteiger partial charge in [-0.05, 0) is 57.7 Å². The number of methoxy groups -OCH3 is 1. The molecule has 1 saturated heterocycles. The van der Waals surface area contributed by atoms with Gasteiger partial charge in [0.1, 0.15) is 17.1 Å². The molecule has 1 aromatic carbocycles. The molecule has 3 rings (SSSR count). The average molecular weight is 415 g/mol. The Morgan fingerprint density at radius 3 is 2.60 bits per heavy atom. The Morgan fingerprint density at radius 2 is 1.97 bits per heavy atom. The highest BCUT2D eigenvalue weighted by molar-refractivity contribution is 5.97. The second-order valence-corrected chi connectivity index (χ2v) is 7.63. The molecule has 30 heavy (non-hydrogen) atoms. The molecule has 1 aliphatic rings. The summed E-state index contributed by atoms with van der Waals surface area (Å²) in [6.45, 7) is 9.17. The van der Waals surface area contributed by atoms with Gasteiger partial charge in [0.15, 0.2) is 0 Å². The third kappa shape index (κ3) is 4.61. The Kier molecular flexibility index (Phi) is 6.70. The van der Waals surface area contributed by atoms with Crippen molar-refractivity contribution in [2.45, 2.75) is 46.6 Å². The number of amides is 2. The molecule has 0 radical (unpaired) electrons. The number of piperidine rings is 1. The zero-order chi connectivity index (χ0) is 21.8. The second kappa shape index (κ2) is 9.24. The van der Waals surface area contributed by atoms with Gasteiger partial charge in [0, 0.05) is 42.2 Å². The van der Waals surface area contributed by atoms with E-state index in [0.717, 1.165) is 33.4 Å². The molecule has 7 heteroatoms. The number of fused-ring (bicyclic) bond motifs is 1. The van der Waals surface area contributed by atoms with Gasteiger partial charge >= 0.3 is 6.09 Å². The first-order chi connectivity index (χ1) is 14.3. The molecule has 1 aromatic heterocycles. The number of hydrogen-bond donors (Lipinski definition) is 1. The lowest BCUT2D eigenvalue weighted by Crippen LogP contribution is -2.46. The minimum atomic E-state index is -0.287. The lowest BCUT2D eigenvalue weighted by atomic mass is 10.0. The largest absolute Gasteiger partial charge is 0.496 e. The normalized spacial score (nSPS) is 15.4. The summed E-state index contributed by atoms with van der Waals surface area (Å²) in [5.41, 5.74) is 3.53. The van der Waals surface area contributed by atoms with E-state index >= 15 is 0 Å². The minimum absolute atomic E-state index is 0.0374. The van der Waals surface area contributed by atoms with Gasteiger partial charge in [-0.1, -0.05) is 0 Å². The first-order valence-corrected chi connectivity index (χ1v) is 10.3. The summed E-state index contributed by atoms with van der Waals surface area (Å²) in [7, 11) is 1.61. The van der Waals surface area contributed by atoms with Crippen LogP contribution in [0.1, 0.15) is 43.6 Å². The number of benzene rings is 1. The highest BCUT2D eigenvalue weighted by Gasteiger charge is 2.24. The number of hydrogen-bond acceptors (Lipinski definition) is 5. The summed E-state index contributed by atoms with van der Waals surface area (Å²) in [6, 6.07) is 3.91. The van der Waals surface area contributed by atoms with Crippen molar-refractivity contribution in [2.75, 3.05) is 26.8 Å². The second-order valence-electron chi connectivity index (χ2n) is 7.63. The van der Waals surface area contributed by atoms with Crippen LogP contribution in [0.5, 0.6) is 5.75 Å². The number of nitrogens with zero attached hydrogens (tertiary/aromatic N) is 1. The summed E-state index contributed by atoms with van der Waals surface area (Å²) < 4.78 is 16.3. The van der Waals surface area contributed by atoms with Crippen molar-refractivity contribution in [2.24, 2.45) is 0 Å². The number of aryl methyl sites for hydroxylation is 2. The molecule has 2 amide bonds. The Balaban J connectivity index is 1.69. The van der Waals surface area contributed by atoms with Crippen LogP contribution in [0.4, 0.5) is 4.79 Å². The molecule has 0 unspecified atom stereocenters. The lowest BCUT2D eigenvalue weighted by molar-refractivity contribution is -0.117. The van der Waals surface area contributed by atoms with E-state index in [1.54, 1.807) is 25.0 Å². The maximum Gasteiger partial charge on any atom is 0.409 e. The number of carbonyl (C=O) groups excluding carboxylic acids is 2. The number of allylic oxidation sites excluding steroid dienone is 1. The van der Waals surface area contributed by atoms with E-state index in [1.807, 2.05) is 32.9 Å². The van der Waals surface area contributed by atoms with Gasteiger partial charge in [0.2, 0.25) is 5.91 Å². The molecule has 0 bridgehead atoms. The van der Waals surface area contributed by atoms with Crippen molar-refractivity contribution >= 4 is 28.5 Å². The molecule has 0 aliphatic carbocycles. The predicted octanol–water partition coefficient (Wildman–Crippen LogP) is 4.20. The van der Waals surface area contributed by atoms with Gasteiger partial charge in [-0.2, -0.15) is 0 Å². The van der Waals surface area contributed by atoms with Crippen molar-refractivity contribution in [3.63, 3.8) is 0 Å². The van der Waals surface area contributed by atoms with Gasteiger partial charge in [0.05, 0.1) is 13.7 Å². The van der Waals surface area contributed by atoms with Gasteiger partial charge in [-0.15, -0.1) is 0 Å². The minimum Gasteiger partial charge on any atom is -0.496 e. The lowest BCUT2D eigenvalue weighted by Gasteiger charge is -2.31. The number of rotatable bonds is 5. The number of ether oxygens (including phenoxy) is 2. The van der Waals surface area contributed by atoms with Crippen LogP contribution in [0, 0.1) is 13.8 Å². The Hall–Kier alpha value is -2.96. The monoisotopic (exact) mass is 414 g/mol. The molecule has 2 aromatic rings. The molecular formula is C23H30N2O5. The van der Waals surface area contributed by atoms with Crippen molar-refractivity contribution in [1.82, 2.24) is 10.2 Å². The molecule has 162 valence electrons. The maximum atomic E-state index is 12.6.